The minimum absolute atomic E-state index is 0.129. The molecule has 0 saturated heterocycles. The normalized spacial score (nSPS) is 12.1. The number of hydrogen-bond donors (Lipinski definition) is 1. The monoisotopic (exact) mass is 496 g/mol. The van der Waals surface area contributed by atoms with Crippen molar-refractivity contribution in [2.24, 2.45) is 0 Å². The third kappa shape index (κ3) is 5.77. The number of amides is 1. The molecule has 3 aromatic rings. The summed E-state index contributed by atoms with van der Waals surface area (Å²) in [7, 11) is -0.890. The summed E-state index contributed by atoms with van der Waals surface area (Å²) in [5.74, 6) is 0.703. The maximum absolute atomic E-state index is 13.7. The van der Waals surface area contributed by atoms with E-state index < -0.39 is 15.9 Å². The maximum atomic E-state index is 13.7. The van der Waals surface area contributed by atoms with E-state index in [0.29, 0.717) is 17.2 Å². The molecule has 3 aromatic carbocycles. The fourth-order valence-corrected chi connectivity index (χ4v) is 5.24. The van der Waals surface area contributed by atoms with E-state index in [9.17, 15) is 13.2 Å². The van der Waals surface area contributed by atoms with Crippen LogP contribution in [0.2, 0.25) is 0 Å². The van der Waals surface area contributed by atoms with Gasteiger partial charge >= 0.3 is 0 Å². The van der Waals surface area contributed by atoms with Crippen molar-refractivity contribution in [3.05, 3.63) is 82.9 Å². The van der Waals surface area contributed by atoms with Crippen LogP contribution >= 0.6 is 0 Å². The van der Waals surface area contributed by atoms with Gasteiger partial charge in [-0.1, -0.05) is 35.9 Å². The zero-order chi connectivity index (χ0) is 25.8. The van der Waals surface area contributed by atoms with E-state index in [2.05, 4.69) is 5.32 Å². The quantitative estimate of drug-likeness (QED) is 0.464. The van der Waals surface area contributed by atoms with Crippen LogP contribution in [-0.2, 0) is 14.8 Å². The lowest BCUT2D eigenvalue weighted by Crippen LogP contribution is -2.42. The van der Waals surface area contributed by atoms with Gasteiger partial charge in [-0.15, -0.1) is 0 Å². The Kier molecular flexibility index (Phi) is 8.07. The Hall–Kier alpha value is -3.52. The SMILES string of the molecule is COc1ccc([C@@H](C)NC(=O)CN(c2cccc(C)c2C)S(=O)(=O)c2ccc(C)cc2)cc1OC. The Labute approximate surface area is 207 Å². The third-order valence-corrected chi connectivity index (χ3v) is 7.80. The van der Waals surface area contributed by atoms with E-state index in [1.54, 1.807) is 62.8 Å². The van der Waals surface area contributed by atoms with Gasteiger partial charge < -0.3 is 14.8 Å². The number of benzene rings is 3. The molecule has 1 atom stereocenters. The molecule has 7 nitrogen and oxygen atoms in total. The number of anilines is 1. The van der Waals surface area contributed by atoms with Crippen molar-refractivity contribution in [3.8, 4) is 11.5 Å². The molecule has 0 aliphatic heterocycles. The summed E-state index contributed by atoms with van der Waals surface area (Å²) >= 11 is 0. The van der Waals surface area contributed by atoms with E-state index in [0.717, 1.165) is 22.3 Å². The summed E-state index contributed by atoms with van der Waals surface area (Å²) < 4.78 is 39.1. The van der Waals surface area contributed by atoms with Gasteiger partial charge in [-0.25, -0.2) is 8.42 Å². The summed E-state index contributed by atoms with van der Waals surface area (Å²) in [5, 5.41) is 2.91. The van der Waals surface area contributed by atoms with Crippen LogP contribution in [0.3, 0.4) is 0 Å². The number of aryl methyl sites for hydroxylation is 2. The number of nitrogens with one attached hydrogen (secondary N) is 1. The topological polar surface area (TPSA) is 84.9 Å². The summed E-state index contributed by atoms with van der Waals surface area (Å²) in [6, 6.07) is 17.0. The molecule has 0 fully saturated rings. The first-order valence-corrected chi connectivity index (χ1v) is 12.7. The van der Waals surface area contributed by atoms with Crippen molar-refractivity contribution >= 4 is 21.6 Å². The van der Waals surface area contributed by atoms with Gasteiger partial charge in [-0.05, 0) is 74.7 Å². The Bertz CT molecular complexity index is 1300. The predicted octanol–water partition coefficient (Wildman–Crippen LogP) is 4.70. The Morgan fingerprint density at radius 2 is 1.60 bits per heavy atom. The van der Waals surface area contributed by atoms with Gasteiger partial charge in [0.1, 0.15) is 6.54 Å². The zero-order valence-electron chi connectivity index (χ0n) is 21.0. The number of sulfonamides is 1. The van der Waals surface area contributed by atoms with Gasteiger partial charge in [0.2, 0.25) is 5.91 Å². The predicted molar refractivity (Wildman–Crippen MR) is 138 cm³/mol. The van der Waals surface area contributed by atoms with Crippen molar-refractivity contribution in [2.75, 3.05) is 25.1 Å². The molecule has 35 heavy (non-hydrogen) atoms. The van der Waals surface area contributed by atoms with Crippen molar-refractivity contribution in [2.45, 2.75) is 38.6 Å². The van der Waals surface area contributed by atoms with Crippen LogP contribution in [-0.4, -0.2) is 35.1 Å². The molecular weight excluding hydrogens is 464 g/mol. The molecule has 0 unspecified atom stereocenters. The molecular formula is C27H32N2O5S. The van der Waals surface area contributed by atoms with Crippen LogP contribution in [0.1, 0.15) is 35.2 Å². The highest BCUT2D eigenvalue weighted by molar-refractivity contribution is 7.92. The van der Waals surface area contributed by atoms with Crippen LogP contribution in [0.4, 0.5) is 5.69 Å². The van der Waals surface area contributed by atoms with Gasteiger partial charge in [0.25, 0.3) is 10.0 Å². The highest BCUT2D eigenvalue weighted by Gasteiger charge is 2.29. The lowest BCUT2D eigenvalue weighted by molar-refractivity contribution is -0.120. The first-order chi connectivity index (χ1) is 16.6. The number of rotatable bonds is 9. The lowest BCUT2D eigenvalue weighted by atomic mass is 10.1. The second-order valence-corrected chi connectivity index (χ2v) is 10.3. The minimum atomic E-state index is -3.99. The van der Waals surface area contributed by atoms with Crippen molar-refractivity contribution < 1.29 is 22.7 Å². The van der Waals surface area contributed by atoms with Crippen molar-refractivity contribution in [1.82, 2.24) is 5.32 Å². The number of carbonyl (C=O) groups excluding carboxylic acids is 1. The fourth-order valence-electron chi connectivity index (χ4n) is 3.77. The molecule has 0 heterocycles. The molecule has 0 aliphatic rings. The van der Waals surface area contributed by atoms with Gasteiger partial charge in [0.05, 0.1) is 30.8 Å². The van der Waals surface area contributed by atoms with E-state index in [1.807, 2.05) is 39.8 Å². The molecule has 0 spiro atoms. The maximum Gasteiger partial charge on any atom is 0.264 e. The van der Waals surface area contributed by atoms with Crippen LogP contribution in [0.5, 0.6) is 11.5 Å². The molecule has 0 saturated carbocycles. The van der Waals surface area contributed by atoms with Gasteiger partial charge in [-0.3, -0.25) is 9.10 Å². The Balaban J connectivity index is 1.92. The minimum Gasteiger partial charge on any atom is -0.493 e. The first-order valence-electron chi connectivity index (χ1n) is 11.3. The molecule has 8 heteroatoms. The lowest BCUT2D eigenvalue weighted by Gasteiger charge is -2.27. The molecule has 3 rings (SSSR count). The second kappa shape index (κ2) is 10.8. The van der Waals surface area contributed by atoms with Gasteiger partial charge in [0.15, 0.2) is 11.5 Å². The average Bonchev–Trinajstić information content (AvgIpc) is 2.84. The summed E-state index contributed by atoms with van der Waals surface area (Å²) in [4.78, 5) is 13.3. The van der Waals surface area contributed by atoms with E-state index in [1.165, 1.54) is 4.31 Å². The fraction of sp³-hybridized carbons (Fsp3) is 0.296. The zero-order valence-corrected chi connectivity index (χ0v) is 21.8. The largest absolute Gasteiger partial charge is 0.493 e. The van der Waals surface area contributed by atoms with Crippen LogP contribution in [0, 0.1) is 20.8 Å². The smallest absolute Gasteiger partial charge is 0.264 e. The number of ether oxygens (including phenoxy) is 2. The van der Waals surface area contributed by atoms with E-state index in [-0.39, 0.29) is 17.5 Å². The Morgan fingerprint density at radius 3 is 2.23 bits per heavy atom. The average molecular weight is 497 g/mol. The molecule has 0 aromatic heterocycles. The van der Waals surface area contributed by atoms with Crippen molar-refractivity contribution in [1.29, 1.82) is 0 Å². The summed E-state index contributed by atoms with van der Waals surface area (Å²) in [6.45, 7) is 7.12. The standard InChI is InChI=1S/C27H32N2O5S/c1-18-10-13-23(14-11-18)35(31,32)29(24-9-7-8-19(2)20(24)3)17-27(30)28-21(4)22-12-15-25(33-5)26(16-22)34-6/h7-16,21H,17H2,1-6H3,(H,28,30)/t21-/m1/s1. The molecule has 1 amide bonds. The number of methoxy groups -OCH3 is 2. The summed E-state index contributed by atoms with van der Waals surface area (Å²) in [6.07, 6.45) is 0. The van der Waals surface area contributed by atoms with Crippen LogP contribution in [0.25, 0.3) is 0 Å². The third-order valence-electron chi connectivity index (χ3n) is 6.03. The van der Waals surface area contributed by atoms with Crippen molar-refractivity contribution in [3.63, 3.8) is 0 Å². The molecule has 1 N–H and O–H groups in total. The van der Waals surface area contributed by atoms with E-state index in [4.69, 9.17) is 9.47 Å². The number of nitrogens with zero attached hydrogens (tertiary/aromatic N) is 1. The van der Waals surface area contributed by atoms with Gasteiger partial charge in [-0.2, -0.15) is 0 Å². The highest BCUT2D eigenvalue weighted by Crippen LogP contribution is 2.31. The molecule has 0 bridgehead atoms. The Morgan fingerprint density at radius 1 is 0.943 bits per heavy atom. The molecule has 0 aliphatic carbocycles. The van der Waals surface area contributed by atoms with E-state index >= 15 is 0 Å². The van der Waals surface area contributed by atoms with Crippen LogP contribution in [0.15, 0.2) is 65.6 Å². The van der Waals surface area contributed by atoms with Crippen LogP contribution < -0.4 is 19.1 Å². The number of carbonyl (C=O) groups is 1. The second-order valence-electron chi connectivity index (χ2n) is 8.45. The number of hydrogen-bond acceptors (Lipinski definition) is 5. The molecule has 0 radical (unpaired) electrons. The molecule has 186 valence electrons. The van der Waals surface area contributed by atoms with Gasteiger partial charge in [0, 0.05) is 0 Å². The first kappa shape index (κ1) is 26.1. The highest BCUT2D eigenvalue weighted by atomic mass is 32.2. The summed E-state index contributed by atoms with van der Waals surface area (Å²) in [5.41, 5.74) is 3.95.